The van der Waals surface area contributed by atoms with Crippen molar-refractivity contribution in [1.82, 2.24) is 9.97 Å². The fourth-order valence-electron chi connectivity index (χ4n) is 2.34. The standard InChI is InChI=1S/C17H21N3O2S2/c1-11-14(16(22)20-17(18-11)24-3)7-8-15(21)19-13-6-4-5-12(9-13)10-23-2/h4-6,9H,7-8,10H2,1-3H3,(H,19,21)(H,18,20,22). The number of aromatic amines is 1. The number of hydrogen-bond donors (Lipinski definition) is 2. The highest BCUT2D eigenvalue weighted by atomic mass is 32.2. The van der Waals surface area contributed by atoms with Gasteiger partial charge in [-0.05, 0) is 43.6 Å². The van der Waals surface area contributed by atoms with E-state index in [9.17, 15) is 9.59 Å². The van der Waals surface area contributed by atoms with E-state index in [2.05, 4.69) is 15.3 Å². The van der Waals surface area contributed by atoms with Crippen LogP contribution in [0, 0.1) is 6.92 Å². The topological polar surface area (TPSA) is 74.8 Å². The number of thioether (sulfide) groups is 2. The molecule has 24 heavy (non-hydrogen) atoms. The lowest BCUT2D eigenvalue weighted by atomic mass is 10.1. The Balaban J connectivity index is 1.99. The minimum absolute atomic E-state index is 0.107. The second-order valence-corrected chi connectivity index (χ2v) is 6.98. The third-order valence-corrected chi connectivity index (χ3v) is 4.72. The second-order valence-electron chi connectivity index (χ2n) is 5.32. The summed E-state index contributed by atoms with van der Waals surface area (Å²) < 4.78 is 0. The van der Waals surface area contributed by atoms with Crippen LogP contribution in [0.2, 0.25) is 0 Å². The maximum Gasteiger partial charge on any atom is 0.254 e. The van der Waals surface area contributed by atoms with Gasteiger partial charge in [0, 0.05) is 29.1 Å². The summed E-state index contributed by atoms with van der Waals surface area (Å²) in [5.41, 5.74) is 3.04. The van der Waals surface area contributed by atoms with Crippen LogP contribution in [0.25, 0.3) is 0 Å². The maximum atomic E-state index is 12.1. The lowest BCUT2D eigenvalue weighted by molar-refractivity contribution is -0.116. The van der Waals surface area contributed by atoms with Crippen LogP contribution >= 0.6 is 23.5 Å². The zero-order chi connectivity index (χ0) is 17.5. The van der Waals surface area contributed by atoms with E-state index >= 15 is 0 Å². The van der Waals surface area contributed by atoms with Crippen molar-refractivity contribution in [2.45, 2.75) is 30.7 Å². The fourth-order valence-corrected chi connectivity index (χ4v) is 3.28. The highest BCUT2D eigenvalue weighted by Crippen LogP contribution is 2.15. The van der Waals surface area contributed by atoms with Crippen LogP contribution < -0.4 is 10.9 Å². The molecule has 5 nitrogen and oxygen atoms in total. The predicted molar refractivity (Wildman–Crippen MR) is 102 cm³/mol. The first-order valence-electron chi connectivity index (χ1n) is 7.55. The van der Waals surface area contributed by atoms with Crippen LogP contribution in [0.3, 0.4) is 0 Å². The van der Waals surface area contributed by atoms with Crippen LogP contribution in [0.15, 0.2) is 34.2 Å². The molecule has 7 heteroatoms. The SMILES string of the molecule is CSCc1cccc(NC(=O)CCc2c(C)nc(SC)[nH]c2=O)c1. The number of benzene rings is 1. The summed E-state index contributed by atoms with van der Waals surface area (Å²) >= 11 is 3.13. The molecule has 0 aliphatic heterocycles. The zero-order valence-corrected chi connectivity index (χ0v) is 15.6. The summed E-state index contributed by atoms with van der Waals surface area (Å²) in [7, 11) is 0. The van der Waals surface area contributed by atoms with Gasteiger partial charge in [-0.1, -0.05) is 23.9 Å². The Bertz CT molecular complexity index is 775. The molecule has 1 aromatic carbocycles. The monoisotopic (exact) mass is 363 g/mol. The molecule has 2 rings (SSSR count). The first kappa shape index (κ1) is 18.6. The third kappa shape index (κ3) is 5.14. The van der Waals surface area contributed by atoms with Crippen LogP contribution in [-0.4, -0.2) is 28.4 Å². The number of rotatable bonds is 7. The van der Waals surface area contributed by atoms with Crippen molar-refractivity contribution in [3.05, 3.63) is 51.4 Å². The molecular weight excluding hydrogens is 342 g/mol. The lowest BCUT2D eigenvalue weighted by Gasteiger charge is -2.08. The molecule has 0 fully saturated rings. The smallest absolute Gasteiger partial charge is 0.254 e. The van der Waals surface area contributed by atoms with E-state index in [0.717, 1.165) is 11.4 Å². The van der Waals surface area contributed by atoms with Gasteiger partial charge >= 0.3 is 0 Å². The number of anilines is 1. The molecule has 1 aromatic heterocycles. The number of aromatic nitrogens is 2. The number of hydrogen-bond acceptors (Lipinski definition) is 5. The lowest BCUT2D eigenvalue weighted by Crippen LogP contribution is -2.20. The van der Waals surface area contributed by atoms with Gasteiger partial charge in [-0.3, -0.25) is 9.59 Å². The van der Waals surface area contributed by atoms with Gasteiger partial charge in [-0.15, -0.1) is 0 Å². The molecule has 0 atom stereocenters. The van der Waals surface area contributed by atoms with E-state index in [1.165, 1.54) is 17.3 Å². The van der Waals surface area contributed by atoms with Crippen molar-refractivity contribution >= 4 is 35.1 Å². The van der Waals surface area contributed by atoms with Gasteiger partial charge in [0.05, 0.1) is 0 Å². The Labute approximate surface area is 150 Å². The summed E-state index contributed by atoms with van der Waals surface area (Å²) in [5.74, 6) is 0.801. The number of aryl methyl sites for hydroxylation is 1. The molecule has 0 radical (unpaired) electrons. The predicted octanol–water partition coefficient (Wildman–Crippen LogP) is 3.23. The molecule has 0 saturated carbocycles. The van der Waals surface area contributed by atoms with Crippen LogP contribution in [0.4, 0.5) is 5.69 Å². The molecule has 0 saturated heterocycles. The second kappa shape index (κ2) is 8.94. The van der Waals surface area contributed by atoms with E-state index in [1.54, 1.807) is 18.7 Å². The number of nitrogens with zero attached hydrogens (tertiary/aromatic N) is 1. The van der Waals surface area contributed by atoms with E-state index in [4.69, 9.17) is 0 Å². The average molecular weight is 364 g/mol. The van der Waals surface area contributed by atoms with Crippen LogP contribution in [-0.2, 0) is 17.0 Å². The first-order valence-corrected chi connectivity index (χ1v) is 10.2. The molecule has 0 bridgehead atoms. The van der Waals surface area contributed by atoms with Crippen molar-refractivity contribution in [2.75, 3.05) is 17.8 Å². The fraction of sp³-hybridized carbons (Fsp3) is 0.353. The average Bonchev–Trinajstić information content (AvgIpc) is 2.54. The number of nitrogens with one attached hydrogen (secondary N) is 2. The zero-order valence-electron chi connectivity index (χ0n) is 14.0. The van der Waals surface area contributed by atoms with E-state index < -0.39 is 0 Å². The molecule has 128 valence electrons. The van der Waals surface area contributed by atoms with Crippen LogP contribution in [0.5, 0.6) is 0 Å². The normalized spacial score (nSPS) is 10.6. The van der Waals surface area contributed by atoms with Gasteiger partial charge in [0.1, 0.15) is 0 Å². The molecule has 2 N–H and O–H groups in total. The molecule has 0 spiro atoms. The Kier molecular flexibility index (Phi) is 6.93. The number of carbonyl (C=O) groups excluding carboxylic acids is 1. The van der Waals surface area contributed by atoms with Gasteiger partial charge in [-0.25, -0.2) is 4.98 Å². The summed E-state index contributed by atoms with van der Waals surface area (Å²) in [4.78, 5) is 31.3. The molecule has 0 aliphatic carbocycles. The molecule has 2 aromatic rings. The Morgan fingerprint density at radius 3 is 2.79 bits per heavy atom. The third-order valence-electron chi connectivity index (χ3n) is 3.52. The summed E-state index contributed by atoms with van der Waals surface area (Å²) in [5, 5.41) is 3.48. The largest absolute Gasteiger partial charge is 0.326 e. The summed E-state index contributed by atoms with van der Waals surface area (Å²) in [6, 6.07) is 7.81. The molecule has 1 amide bonds. The highest BCUT2D eigenvalue weighted by Gasteiger charge is 2.11. The Morgan fingerprint density at radius 2 is 2.12 bits per heavy atom. The molecule has 0 unspecified atom stereocenters. The van der Waals surface area contributed by atoms with Gasteiger partial charge in [-0.2, -0.15) is 11.8 Å². The maximum absolute atomic E-state index is 12.1. The van der Waals surface area contributed by atoms with Crippen molar-refractivity contribution in [2.24, 2.45) is 0 Å². The van der Waals surface area contributed by atoms with Crippen molar-refractivity contribution < 1.29 is 4.79 Å². The highest BCUT2D eigenvalue weighted by molar-refractivity contribution is 7.98. The van der Waals surface area contributed by atoms with Gasteiger partial charge in [0.25, 0.3) is 5.56 Å². The molecule has 1 heterocycles. The summed E-state index contributed by atoms with van der Waals surface area (Å²) in [6.45, 7) is 1.80. The van der Waals surface area contributed by atoms with Crippen LogP contribution in [0.1, 0.15) is 23.2 Å². The number of carbonyl (C=O) groups is 1. The Hall–Kier alpha value is -1.73. The van der Waals surface area contributed by atoms with Crippen molar-refractivity contribution in [3.63, 3.8) is 0 Å². The van der Waals surface area contributed by atoms with E-state index in [0.29, 0.717) is 22.8 Å². The van der Waals surface area contributed by atoms with Gasteiger partial charge < -0.3 is 10.3 Å². The van der Waals surface area contributed by atoms with Gasteiger partial charge in [0.15, 0.2) is 5.16 Å². The number of H-pyrrole nitrogens is 1. The molecule has 0 aliphatic rings. The quantitative estimate of drug-likeness (QED) is 0.583. The first-order chi connectivity index (χ1) is 11.5. The van der Waals surface area contributed by atoms with Crippen molar-refractivity contribution in [3.8, 4) is 0 Å². The van der Waals surface area contributed by atoms with E-state index in [-0.39, 0.29) is 17.9 Å². The summed E-state index contributed by atoms with van der Waals surface area (Å²) in [6.07, 6.45) is 4.52. The van der Waals surface area contributed by atoms with Gasteiger partial charge in [0.2, 0.25) is 5.91 Å². The van der Waals surface area contributed by atoms with Crippen molar-refractivity contribution in [1.29, 1.82) is 0 Å². The molecular formula is C17H21N3O2S2. The minimum atomic E-state index is -0.165. The Morgan fingerprint density at radius 1 is 1.33 bits per heavy atom. The number of amides is 1. The minimum Gasteiger partial charge on any atom is -0.326 e. The van der Waals surface area contributed by atoms with E-state index in [1.807, 2.05) is 36.8 Å².